The fraction of sp³-hybridized carbons (Fsp3) is 0.0556. The van der Waals surface area contributed by atoms with Crippen molar-refractivity contribution in [3.63, 3.8) is 0 Å². The molecule has 1 N–H and O–H groups in total. The van der Waals surface area contributed by atoms with Crippen LogP contribution in [0.2, 0.25) is 0 Å². The Morgan fingerprint density at radius 2 is 1.91 bits per heavy atom. The van der Waals surface area contributed by atoms with Gasteiger partial charge < -0.3 is 4.98 Å². The quantitative estimate of drug-likeness (QED) is 0.578. The van der Waals surface area contributed by atoms with Crippen molar-refractivity contribution < 1.29 is 0 Å². The molecule has 2 aromatic heterocycles. The van der Waals surface area contributed by atoms with Crippen LogP contribution in [0.4, 0.5) is 0 Å². The maximum absolute atomic E-state index is 12.6. The molecule has 0 unspecified atom stereocenters. The van der Waals surface area contributed by atoms with Gasteiger partial charge in [0, 0.05) is 10.9 Å². The molecule has 0 aliphatic carbocycles. The highest BCUT2D eigenvalue weighted by atomic mass is 16.1. The number of aromatic amines is 1. The lowest BCUT2D eigenvalue weighted by Crippen LogP contribution is -2.17. The van der Waals surface area contributed by atoms with Gasteiger partial charge in [-0.05, 0) is 18.6 Å². The van der Waals surface area contributed by atoms with Gasteiger partial charge >= 0.3 is 0 Å². The Morgan fingerprint density at radius 1 is 1.13 bits per heavy atom. The molecule has 2 aromatic carbocycles. The average Bonchev–Trinajstić information content (AvgIpc) is 2.95. The third-order valence-electron chi connectivity index (χ3n) is 3.81. The summed E-state index contributed by atoms with van der Waals surface area (Å²) in [5, 5.41) is 5.16. The van der Waals surface area contributed by atoms with Crippen LogP contribution in [0.25, 0.3) is 21.9 Å². The second-order valence-electron chi connectivity index (χ2n) is 5.44. The van der Waals surface area contributed by atoms with Crippen LogP contribution in [0, 0.1) is 6.92 Å². The van der Waals surface area contributed by atoms with Crippen molar-refractivity contribution in [2.75, 3.05) is 0 Å². The van der Waals surface area contributed by atoms with Crippen LogP contribution >= 0.6 is 0 Å². The van der Waals surface area contributed by atoms with Gasteiger partial charge in [-0.25, -0.2) is 4.98 Å². The van der Waals surface area contributed by atoms with Crippen molar-refractivity contribution in [2.24, 2.45) is 5.10 Å². The molecule has 0 amide bonds. The molecule has 0 aliphatic rings. The first-order valence-corrected chi connectivity index (χ1v) is 7.31. The fourth-order valence-electron chi connectivity index (χ4n) is 2.56. The Labute approximate surface area is 131 Å². The zero-order valence-corrected chi connectivity index (χ0v) is 12.5. The van der Waals surface area contributed by atoms with Crippen LogP contribution in [0.5, 0.6) is 0 Å². The number of aryl methyl sites for hydroxylation is 1. The minimum atomic E-state index is -0.213. The third kappa shape index (κ3) is 2.32. The Kier molecular flexibility index (Phi) is 3.05. The van der Waals surface area contributed by atoms with Gasteiger partial charge in [-0.2, -0.15) is 9.78 Å². The number of rotatable bonds is 2. The summed E-state index contributed by atoms with van der Waals surface area (Å²) in [6.07, 6.45) is 3.10. The third-order valence-corrected chi connectivity index (χ3v) is 3.81. The molecule has 0 bridgehead atoms. The Morgan fingerprint density at radius 3 is 2.74 bits per heavy atom. The van der Waals surface area contributed by atoms with Crippen molar-refractivity contribution >= 4 is 28.2 Å². The highest BCUT2D eigenvalue weighted by Crippen LogP contribution is 2.20. The standard InChI is InChI=1S/C18H14N4O/c1-12-6-8-13(9-7-12)10-20-22-11-19-16-14-4-2-3-5-15(14)21-17(16)18(22)23/h2-11,21H,1H3/b20-10-. The lowest BCUT2D eigenvalue weighted by Gasteiger charge is -1.98. The number of hydrogen-bond acceptors (Lipinski definition) is 3. The summed E-state index contributed by atoms with van der Waals surface area (Å²) >= 11 is 0. The van der Waals surface area contributed by atoms with Crippen LogP contribution in [-0.4, -0.2) is 20.9 Å². The number of nitrogens with one attached hydrogen (secondary N) is 1. The molecule has 2 heterocycles. The second kappa shape index (κ2) is 5.21. The number of fused-ring (bicyclic) bond motifs is 3. The van der Waals surface area contributed by atoms with Gasteiger partial charge in [0.15, 0.2) is 0 Å². The van der Waals surface area contributed by atoms with Gasteiger partial charge in [0.25, 0.3) is 5.56 Å². The van der Waals surface area contributed by atoms with Crippen LogP contribution in [-0.2, 0) is 0 Å². The molecule has 0 spiro atoms. The first-order chi connectivity index (χ1) is 11.2. The Bertz CT molecular complexity index is 1090. The van der Waals surface area contributed by atoms with Gasteiger partial charge in [0.2, 0.25) is 0 Å². The Balaban J connectivity index is 1.82. The number of hydrogen-bond donors (Lipinski definition) is 1. The summed E-state index contributed by atoms with van der Waals surface area (Å²) in [6.45, 7) is 2.03. The van der Waals surface area contributed by atoms with Crippen molar-refractivity contribution in [1.29, 1.82) is 0 Å². The van der Waals surface area contributed by atoms with E-state index in [1.54, 1.807) is 6.21 Å². The molecule has 0 radical (unpaired) electrons. The fourth-order valence-corrected chi connectivity index (χ4v) is 2.56. The van der Waals surface area contributed by atoms with Crippen LogP contribution in [0.3, 0.4) is 0 Å². The molecule has 0 saturated heterocycles. The maximum Gasteiger partial charge on any atom is 0.298 e. The van der Waals surface area contributed by atoms with E-state index in [1.807, 2.05) is 55.5 Å². The molecule has 5 heteroatoms. The molecule has 4 aromatic rings. The molecular weight excluding hydrogens is 288 g/mol. The van der Waals surface area contributed by atoms with Crippen molar-refractivity contribution in [3.8, 4) is 0 Å². The smallest absolute Gasteiger partial charge is 0.298 e. The first-order valence-electron chi connectivity index (χ1n) is 7.31. The molecule has 5 nitrogen and oxygen atoms in total. The number of nitrogens with zero attached hydrogens (tertiary/aromatic N) is 3. The van der Waals surface area contributed by atoms with Gasteiger partial charge in [-0.15, -0.1) is 0 Å². The van der Waals surface area contributed by atoms with Crippen molar-refractivity contribution in [3.05, 3.63) is 76.3 Å². The van der Waals surface area contributed by atoms with E-state index in [1.165, 1.54) is 16.6 Å². The molecule has 4 rings (SSSR count). The molecule has 23 heavy (non-hydrogen) atoms. The van der Waals surface area contributed by atoms with E-state index in [0.717, 1.165) is 16.5 Å². The number of H-pyrrole nitrogens is 1. The summed E-state index contributed by atoms with van der Waals surface area (Å²) in [6, 6.07) is 15.6. The largest absolute Gasteiger partial charge is 0.349 e. The van der Waals surface area contributed by atoms with E-state index in [2.05, 4.69) is 15.1 Å². The Hall–Kier alpha value is -3.21. The number of benzene rings is 2. The van der Waals surface area contributed by atoms with Crippen LogP contribution in [0.1, 0.15) is 11.1 Å². The highest BCUT2D eigenvalue weighted by molar-refractivity contribution is 6.04. The van der Waals surface area contributed by atoms with Gasteiger partial charge in [-0.3, -0.25) is 4.79 Å². The van der Waals surface area contributed by atoms with E-state index < -0.39 is 0 Å². The van der Waals surface area contributed by atoms with E-state index in [-0.39, 0.29) is 5.56 Å². The second-order valence-corrected chi connectivity index (χ2v) is 5.44. The maximum atomic E-state index is 12.6. The van der Waals surface area contributed by atoms with Crippen LogP contribution in [0.15, 0.2) is 64.8 Å². The van der Waals surface area contributed by atoms with Crippen molar-refractivity contribution in [2.45, 2.75) is 6.92 Å². The molecule has 0 atom stereocenters. The predicted octanol–water partition coefficient (Wildman–Crippen LogP) is 3.07. The van der Waals surface area contributed by atoms with Gasteiger partial charge in [-0.1, -0.05) is 48.0 Å². The lowest BCUT2D eigenvalue weighted by molar-refractivity contribution is 0.815. The zero-order valence-electron chi connectivity index (χ0n) is 12.5. The summed E-state index contributed by atoms with van der Waals surface area (Å²) in [5.74, 6) is 0. The lowest BCUT2D eigenvalue weighted by atomic mass is 10.2. The predicted molar refractivity (Wildman–Crippen MR) is 92.0 cm³/mol. The minimum Gasteiger partial charge on any atom is -0.349 e. The van der Waals surface area contributed by atoms with Gasteiger partial charge in [0.1, 0.15) is 17.4 Å². The van der Waals surface area contributed by atoms with Gasteiger partial charge in [0.05, 0.1) is 6.21 Å². The molecule has 0 saturated carbocycles. The summed E-state index contributed by atoms with van der Waals surface area (Å²) in [7, 11) is 0. The normalized spacial score (nSPS) is 11.7. The highest BCUT2D eigenvalue weighted by Gasteiger charge is 2.09. The molecule has 0 aliphatic heterocycles. The molecule has 0 fully saturated rings. The summed E-state index contributed by atoms with van der Waals surface area (Å²) in [4.78, 5) is 20.0. The number of para-hydroxylation sites is 1. The zero-order chi connectivity index (χ0) is 15.8. The minimum absolute atomic E-state index is 0.213. The van der Waals surface area contributed by atoms with Crippen molar-refractivity contribution in [1.82, 2.24) is 14.6 Å². The van der Waals surface area contributed by atoms with E-state index in [0.29, 0.717) is 11.0 Å². The molecule has 112 valence electrons. The average molecular weight is 302 g/mol. The van der Waals surface area contributed by atoms with Crippen LogP contribution < -0.4 is 5.56 Å². The monoisotopic (exact) mass is 302 g/mol. The van der Waals surface area contributed by atoms with E-state index in [4.69, 9.17) is 0 Å². The van der Waals surface area contributed by atoms with E-state index >= 15 is 0 Å². The topological polar surface area (TPSA) is 63.0 Å². The first kappa shape index (κ1) is 13.5. The van der Waals surface area contributed by atoms with E-state index in [9.17, 15) is 4.79 Å². The SMILES string of the molecule is Cc1ccc(/C=N\n2cnc3c([nH]c4ccccc43)c2=O)cc1. The number of aromatic nitrogens is 3. The molecular formula is C18H14N4O. The summed E-state index contributed by atoms with van der Waals surface area (Å²) < 4.78 is 1.25. The summed E-state index contributed by atoms with van der Waals surface area (Å²) in [5.41, 5.74) is 3.93.